The molecular weight excluding hydrogens is 370 g/mol. The fourth-order valence-electron chi connectivity index (χ4n) is 4.49. The van der Waals surface area contributed by atoms with Crippen LogP contribution in [-0.4, -0.2) is 47.4 Å². The Morgan fingerprint density at radius 3 is 2.34 bits per heavy atom. The van der Waals surface area contributed by atoms with E-state index >= 15 is 0 Å². The third-order valence-electron chi connectivity index (χ3n) is 5.78. The van der Waals surface area contributed by atoms with Gasteiger partial charge in [-0.05, 0) is 73.1 Å². The Balaban J connectivity index is 1.82. The smallest absolute Gasteiger partial charge is 0.323 e. The molecule has 0 unspecified atom stereocenters. The van der Waals surface area contributed by atoms with Crippen molar-refractivity contribution >= 4 is 29.5 Å². The van der Waals surface area contributed by atoms with Crippen molar-refractivity contribution in [1.82, 2.24) is 4.90 Å². The zero-order valence-corrected chi connectivity index (χ0v) is 16.2. The second kappa shape index (κ2) is 7.21. The summed E-state index contributed by atoms with van der Waals surface area (Å²) in [4.78, 5) is 39.4. The number of hydrogen-bond acceptors (Lipinski definition) is 5. The first-order valence-electron chi connectivity index (χ1n) is 9.72. The van der Waals surface area contributed by atoms with E-state index in [2.05, 4.69) is 17.0 Å². The highest BCUT2D eigenvalue weighted by atomic mass is 16.4. The van der Waals surface area contributed by atoms with Gasteiger partial charge in [-0.2, -0.15) is 5.26 Å². The van der Waals surface area contributed by atoms with E-state index in [1.54, 1.807) is 13.0 Å². The molecule has 148 valence electrons. The average Bonchev–Trinajstić information content (AvgIpc) is 2.69. The molecule has 7 heteroatoms. The van der Waals surface area contributed by atoms with E-state index in [1.165, 1.54) is 16.8 Å². The number of amides is 2. The minimum atomic E-state index is -1.30. The van der Waals surface area contributed by atoms with E-state index in [4.69, 9.17) is 5.11 Å². The number of carboxylic acids is 1. The molecule has 0 bridgehead atoms. The number of hydrogen-bond donors (Lipinski definition) is 1. The van der Waals surface area contributed by atoms with Crippen LogP contribution in [-0.2, 0) is 27.2 Å². The molecule has 0 aromatic heterocycles. The molecule has 1 N–H and O–H groups in total. The molecule has 1 aromatic carbocycles. The zero-order valence-electron chi connectivity index (χ0n) is 16.2. The summed E-state index contributed by atoms with van der Waals surface area (Å²) >= 11 is 0. The lowest BCUT2D eigenvalue weighted by molar-refractivity contribution is -0.149. The van der Waals surface area contributed by atoms with Crippen molar-refractivity contribution in [1.29, 1.82) is 5.26 Å². The van der Waals surface area contributed by atoms with E-state index in [-0.39, 0.29) is 16.7 Å². The number of aryl methyl sites for hydroxylation is 2. The third-order valence-corrected chi connectivity index (χ3v) is 5.78. The van der Waals surface area contributed by atoms with Crippen molar-refractivity contribution in [3.63, 3.8) is 0 Å². The van der Waals surface area contributed by atoms with Crippen molar-refractivity contribution in [2.24, 2.45) is 0 Å². The maximum atomic E-state index is 12.9. The average molecular weight is 391 g/mol. The number of carbonyl (C=O) groups excluding carboxylic acids is 2. The van der Waals surface area contributed by atoms with E-state index in [1.807, 2.05) is 6.07 Å². The summed E-state index contributed by atoms with van der Waals surface area (Å²) in [6.45, 7) is 2.93. The Morgan fingerprint density at radius 2 is 1.79 bits per heavy atom. The highest BCUT2D eigenvalue weighted by Crippen LogP contribution is 2.37. The number of nitrogens with zero attached hydrogens (tertiary/aromatic N) is 3. The topological polar surface area (TPSA) is 102 Å². The molecule has 0 spiro atoms. The Labute approximate surface area is 168 Å². The van der Waals surface area contributed by atoms with Crippen molar-refractivity contribution in [2.75, 3.05) is 24.5 Å². The summed E-state index contributed by atoms with van der Waals surface area (Å²) in [5.74, 6) is -2.84. The van der Waals surface area contributed by atoms with Gasteiger partial charge in [-0.1, -0.05) is 0 Å². The minimum absolute atomic E-state index is 0.192. The molecule has 4 rings (SSSR count). The lowest BCUT2D eigenvalue weighted by Gasteiger charge is -2.37. The third kappa shape index (κ3) is 3.21. The SMILES string of the molecule is CC1=C(C#N)C(=O)N(CC(=O)O)C(=O)/C1=C\c1cc2c3c(c1)CCCN3CCC2. The maximum absolute atomic E-state index is 12.9. The van der Waals surface area contributed by atoms with Crippen LogP contribution in [0, 0.1) is 11.3 Å². The van der Waals surface area contributed by atoms with Crippen molar-refractivity contribution in [2.45, 2.75) is 32.6 Å². The number of nitriles is 1. The first-order valence-corrected chi connectivity index (χ1v) is 9.72. The van der Waals surface area contributed by atoms with Gasteiger partial charge in [0.2, 0.25) is 0 Å². The number of carbonyl (C=O) groups is 3. The van der Waals surface area contributed by atoms with Crippen LogP contribution in [0.2, 0.25) is 0 Å². The largest absolute Gasteiger partial charge is 0.480 e. The van der Waals surface area contributed by atoms with Gasteiger partial charge in [0.1, 0.15) is 18.2 Å². The van der Waals surface area contributed by atoms with E-state index in [0.29, 0.717) is 4.90 Å². The molecule has 0 fully saturated rings. The Hall–Kier alpha value is -3.40. The second-order valence-electron chi connectivity index (χ2n) is 7.64. The van der Waals surface area contributed by atoms with Crippen LogP contribution in [0.25, 0.3) is 6.08 Å². The van der Waals surface area contributed by atoms with Gasteiger partial charge in [-0.15, -0.1) is 0 Å². The maximum Gasteiger partial charge on any atom is 0.323 e. The summed E-state index contributed by atoms with van der Waals surface area (Å²) in [5, 5.41) is 18.4. The van der Waals surface area contributed by atoms with E-state index in [0.717, 1.165) is 44.3 Å². The molecule has 0 radical (unpaired) electrons. The first kappa shape index (κ1) is 18.9. The number of aliphatic carboxylic acids is 1. The fraction of sp³-hybridized carbons (Fsp3) is 0.364. The van der Waals surface area contributed by atoms with E-state index < -0.39 is 24.3 Å². The summed E-state index contributed by atoms with van der Waals surface area (Å²) in [5.41, 5.74) is 4.95. The Morgan fingerprint density at radius 1 is 1.17 bits per heavy atom. The molecule has 0 aliphatic carbocycles. The molecule has 3 aliphatic heterocycles. The normalized spacial score (nSPS) is 20.1. The van der Waals surface area contributed by atoms with Crippen LogP contribution in [0.5, 0.6) is 0 Å². The van der Waals surface area contributed by atoms with Gasteiger partial charge in [0, 0.05) is 24.4 Å². The summed E-state index contributed by atoms with van der Waals surface area (Å²) in [6.07, 6.45) is 5.81. The van der Waals surface area contributed by atoms with Crippen LogP contribution in [0.3, 0.4) is 0 Å². The number of rotatable bonds is 3. The Bertz CT molecular complexity index is 1010. The molecule has 7 nitrogen and oxygen atoms in total. The lowest BCUT2D eigenvalue weighted by atomic mass is 9.88. The number of imide groups is 1. The lowest BCUT2D eigenvalue weighted by Crippen LogP contribution is -2.45. The second-order valence-corrected chi connectivity index (χ2v) is 7.64. The van der Waals surface area contributed by atoms with Gasteiger partial charge in [-0.25, -0.2) is 0 Å². The molecule has 2 amide bonds. The molecule has 0 atom stereocenters. The minimum Gasteiger partial charge on any atom is -0.480 e. The predicted molar refractivity (Wildman–Crippen MR) is 106 cm³/mol. The highest BCUT2D eigenvalue weighted by Gasteiger charge is 2.36. The van der Waals surface area contributed by atoms with E-state index in [9.17, 15) is 19.6 Å². The molecule has 0 saturated heterocycles. The Kier molecular flexibility index (Phi) is 4.71. The standard InChI is InChI=1S/C22H21N3O4/c1-13-17(21(28)25(12-19(26)27)22(29)18(13)11-23)10-14-8-15-4-2-6-24-7-3-5-16(9-14)20(15)24/h8-10H,2-7,12H2,1H3,(H,26,27)/b17-10-. The summed E-state index contributed by atoms with van der Waals surface area (Å²) in [7, 11) is 0. The van der Waals surface area contributed by atoms with Crippen LogP contribution in [0.1, 0.15) is 36.5 Å². The van der Waals surface area contributed by atoms with Crippen LogP contribution < -0.4 is 4.90 Å². The molecular formula is C22H21N3O4. The van der Waals surface area contributed by atoms with Crippen molar-refractivity contribution < 1.29 is 19.5 Å². The summed E-state index contributed by atoms with van der Waals surface area (Å²) < 4.78 is 0. The van der Waals surface area contributed by atoms with Gasteiger partial charge in [0.25, 0.3) is 11.8 Å². The highest BCUT2D eigenvalue weighted by molar-refractivity contribution is 6.20. The first-order chi connectivity index (χ1) is 13.9. The molecule has 1 aromatic rings. The zero-order chi connectivity index (χ0) is 20.7. The summed E-state index contributed by atoms with van der Waals surface area (Å²) in [6, 6.07) is 5.95. The fourth-order valence-corrected chi connectivity index (χ4v) is 4.49. The van der Waals surface area contributed by atoms with Gasteiger partial charge in [0.15, 0.2) is 0 Å². The quantitative estimate of drug-likeness (QED) is 0.625. The van der Waals surface area contributed by atoms with Gasteiger partial charge < -0.3 is 10.0 Å². The predicted octanol–water partition coefficient (Wildman–Crippen LogP) is 2.06. The number of benzene rings is 1. The van der Waals surface area contributed by atoms with Gasteiger partial charge in [-0.3, -0.25) is 19.3 Å². The monoisotopic (exact) mass is 391 g/mol. The van der Waals surface area contributed by atoms with Crippen LogP contribution in [0.4, 0.5) is 5.69 Å². The molecule has 0 saturated carbocycles. The number of anilines is 1. The van der Waals surface area contributed by atoms with Crippen molar-refractivity contribution in [3.8, 4) is 6.07 Å². The molecule has 29 heavy (non-hydrogen) atoms. The van der Waals surface area contributed by atoms with Crippen molar-refractivity contribution in [3.05, 3.63) is 45.5 Å². The van der Waals surface area contributed by atoms with Crippen LogP contribution in [0.15, 0.2) is 28.9 Å². The van der Waals surface area contributed by atoms with Crippen LogP contribution >= 0.6 is 0 Å². The molecule has 3 heterocycles. The molecule has 3 aliphatic rings. The van der Waals surface area contributed by atoms with Gasteiger partial charge >= 0.3 is 5.97 Å². The number of carboxylic acid groups (broad SMARTS) is 1. The van der Waals surface area contributed by atoms with Gasteiger partial charge in [0.05, 0.1) is 0 Å².